The third-order valence-electron chi connectivity index (χ3n) is 4.83. The van der Waals surface area contributed by atoms with Gasteiger partial charge in [0.15, 0.2) is 0 Å². The number of carbonyl (C=O) groups is 1. The zero-order valence-electron chi connectivity index (χ0n) is 19.1. The Kier molecular flexibility index (Phi) is 8.47. The second kappa shape index (κ2) is 11.1. The number of carbonyl (C=O) groups excluding carboxylic acids is 1. The van der Waals surface area contributed by atoms with Crippen LogP contribution in [-0.2, 0) is 23.1 Å². The van der Waals surface area contributed by atoms with Gasteiger partial charge in [-0.05, 0) is 67.4 Å². The van der Waals surface area contributed by atoms with E-state index in [2.05, 4.69) is 5.32 Å². The maximum Gasteiger partial charge on any atom is 0.251 e. The average molecular weight is 521 g/mol. The third kappa shape index (κ3) is 7.38. The normalized spacial score (nSPS) is 11.4. The molecule has 3 aromatic carbocycles. The molecule has 0 saturated heterocycles. The Bertz CT molecular complexity index is 1220. The highest BCUT2D eigenvalue weighted by Gasteiger charge is 2.19. The Morgan fingerprint density at radius 3 is 2.03 bits per heavy atom. The number of rotatable bonds is 9. The lowest BCUT2D eigenvalue weighted by molar-refractivity contribution is 0.0951. The Labute approximate surface area is 210 Å². The van der Waals surface area contributed by atoms with Crippen molar-refractivity contribution in [2.75, 3.05) is 10.6 Å². The predicted molar refractivity (Wildman–Crippen MR) is 137 cm³/mol. The fraction of sp³-hybridized carbons (Fsp3) is 0.240. The quantitative estimate of drug-likeness (QED) is 0.393. The van der Waals surface area contributed by atoms with Gasteiger partial charge in [-0.25, -0.2) is 8.42 Å². The average Bonchev–Trinajstić information content (AvgIpc) is 2.75. The molecular weight excluding hydrogens is 495 g/mol. The van der Waals surface area contributed by atoms with Gasteiger partial charge in [0.25, 0.3) is 5.91 Å². The van der Waals surface area contributed by atoms with Crippen LogP contribution in [0.1, 0.15) is 35.3 Å². The summed E-state index contributed by atoms with van der Waals surface area (Å²) >= 11 is 12.1. The highest BCUT2D eigenvalue weighted by atomic mass is 35.5. The minimum atomic E-state index is -3.60. The van der Waals surface area contributed by atoms with Gasteiger partial charge in [0.1, 0.15) is 5.75 Å². The van der Waals surface area contributed by atoms with Crippen molar-refractivity contribution in [3.63, 3.8) is 0 Å². The molecule has 34 heavy (non-hydrogen) atoms. The summed E-state index contributed by atoms with van der Waals surface area (Å²) in [6.07, 6.45) is 1.21. The number of ether oxygens (including phenoxy) is 1. The number of anilines is 1. The van der Waals surface area contributed by atoms with E-state index in [4.69, 9.17) is 27.9 Å². The van der Waals surface area contributed by atoms with Crippen LogP contribution in [0.25, 0.3) is 0 Å². The van der Waals surface area contributed by atoms with Gasteiger partial charge in [-0.3, -0.25) is 9.10 Å². The van der Waals surface area contributed by atoms with Crippen LogP contribution < -0.4 is 14.4 Å². The lowest BCUT2D eigenvalue weighted by Crippen LogP contribution is -2.29. The molecule has 0 fully saturated rings. The van der Waals surface area contributed by atoms with Crippen LogP contribution in [0, 0.1) is 0 Å². The Morgan fingerprint density at radius 2 is 1.50 bits per heavy atom. The second-order valence-electron chi connectivity index (χ2n) is 8.09. The second-order valence-corrected chi connectivity index (χ2v) is 10.9. The first kappa shape index (κ1) is 25.9. The van der Waals surface area contributed by atoms with Gasteiger partial charge in [-0.2, -0.15) is 0 Å². The highest BCUT2D eigenvalue weighted by molar-refractivity contribution is 7.92. The summed E-state index contributed by atoms with van der Waals surface area (Å²) in [5, 5.41) is 3.56. The number of hydrogen-bond donors (Lipinski definition) is 1. The molecule has 0 bridgehead atoms. The highest BCUT2D eigenvalue weighted by Crippen LogP contribution is 2.28. The molecule has 0 saturated carbocycles. The van der Waals surface area contributed by atoms with Crippen molar-refractivity contribution in [3.8, 4) is 5.75 Å². The molecule has 0 heterocycles. The molecule has 0 aliphatic carbocycles. The van der Waals surface area contributed by atoms with Crippen molar-refractivity contribution >= 4 is 44.8 Å². The first-order valence-electron chi connectivity index (χ1n) is 10.6. The van der Waals surface area contributed by atoms with Crippen molar-refractivity contribution in [3.05, 3.63) is 93.5 Å². The Hall–Kier alpha value is -2.74. The number of benzene rings is 3. The predicted octanol–water partition coefficient (Wildman–Crippen LogP) is 5.68. The van der Waals surface area contributed by atoms with Gasteiger partial charge < -0.3 is 10.1 Å². The summed E-state index contributed by atoms with van der Waals surface area (Å²) in [4.78, 5) is 12.5. The molecule has 3 aromatic rings. The molecule has 0 aliphatic heterocycles. The fourth-order valence-electron chi connectivity index (χ4n) is 3.25. The lowest BCUT2D eigenvalue weighted by Gasteiger charge is -2.23. The van der Waals surface area contributed by atoms with E-state index in [1.54, 1.807) is 24.3 Å². The molecule has 0 radical (unpaired) electrons. The molecule has 0 unspecified atom stereocenters. The SMILES string of the molecule is CC(C)Oc1ccc(CNC(=O)c2ccc(CN(c3cc(Cl)cc(Cl)c3)S(C)(=O)=O)cc2)cc1. The molecule has 6 nitrogen and oxygen atoms in total. The molecule has 1 N–H and O–H groups in total. The molecule has 0 spiro atoms. The molecule has 9 heteroatoms. The Morgan fingerprint density at radius 1 is 0.941 bits per heavy atom. The van der Waals surface area contributed by atoms with Crippen LogP contribution in [0.5, 0.6) is 5.75 Å². The third-order valence-corrected chi connectivity index (χ3v) is 6.40. The minimum absolute atomic E-state index is 0.0716. The van der Waals surface area contributed by atoms with E-state index in [1.807, 2.05) is 38.1 Å². The Balaban J connectivity index is 1.65. The zero-order valence-corrected chi connectivity index (χ0v) is 21.4. The number of sulfonamides is 1. The summed E-state index contributed by atoms with van der Waals surface area (Å²) in [5.41, 5.74) is 2.50. The summed E-state index contributed by atoms with van der Waals surface area (Å²) < 4.78 is 31.6. The molecule has 3 rings (SSSR count). The molecule has 180 valence electrons. The van der Waals surface area contributed by atoms with Crippen LogP contribution in [-0.4, -0.2) is 26.7 Å². The number of halogens is 2. The van der Waals surface area contributed by atoms with Crippen LogP contribution in [0.3, 0.4) is 0 Å². The number of amides is 1. The van der Waals surface area contributed by atoms with Crippen molar-refractivity contribution in [1.29, 1.82) is 0 Å². The minimum Gasteiger partial charge on any atom is -0.491 e. The zero-order chi connectivity index (χ0) is 24.9. The smallest absolute Gasteiger partial charge is 0.251 e. The van der Waals surface area contributed by atoms with E-state index >= 15 is 0 Å². The summed E-state index contributed by atoms with van der Waals surface area (Å²) in [6, 6.07) is 18.9. The number of nitrogens with one attached hydrogen (secondary N) is 1. The van der Waals surface area contributed by atoms with E-state index in [0.717, 1.165) is 17.6 Å². The molecule has 0 aliphatic rings. The van der Waals surface area contributed by atoms with Crippen LogP contribution in [0.2, 0.25) is 10.0 Å². The van der Waals surface area contributed by atoms with Gasteiger partial charge in [0.05, 0.1) is 24.6 Å². The van der Waals surface area contributed by atoms with Gasteiger partial charge in [0, 0.05) is 22.2 Å². The summed E-state index contributed by atoms with van der Waals surface area (Å²) in [5.74, 6) is 0.555. The van der Waals surface area contributed by atoms with Crippen molar-refractivity contribution in [2.24, 2.45) is 0 Å². The first-order chi connectivity index (χ1) is 16.0. The van der Waals surface area contributed by atoms with Gasteiger partial charge >= 0.3 is 0 Å². The molecule has 0 aromatic heterocycles. The van der Waals surface area contributed by atoms with E-state index < -0.39 is 10.0 Å². The monoisotopic (exact) mass is 520 g/mol. The molecule has 1 amide bonds. The van der Waals surface area contributed by atoms with Crippen molar-refractivity contribution in [2.45, 2.75) is 33.0 Å². The molecule has 0 atom stereocenters. The van der Waals surface area contributed by atoms with E-state index in [0.29, 0.717) is 33.4 Å². The summed E-state index contributed by atoms with van der Waals surface area (Å²) in [6.45, 7) is 4.37. The van der Waals surface area contributed by atoms with E-state index in [9.17, 15) is 13.2 Å². The topological polar surface area (TPSA) is 75.7 Å². The van der Waals surface area contributed by atoms with Gasteiger partial charge in [0.2, 0.25) is 10.0 Å². The van der Waals surface area contributed by atoms with Crippen LogP contribution in [0.4, 0.5) is 5.69 Å². The van der Waals surface area contributed by atoms with Crippen molar-refractivity contribution < 1.29 is 17.9 Å². The van der Waals surface area contributed by atoms with Gasteiger partial charge in [-0.15, -0.1) is 0 Å². The van der Waals surface area contributed by atoms with Crippen molar-refractivity contribution in [1.82, 2.24) is 5.32 Å². The van der Waals surface area contributed by atoms with E-state index in [-0.39, 0.29) is 18.6 Å². The largest absolute Gasteiger partial charge is 0.491 e. The molecular formula is C25H26Cl2N2O4S. The summed E-state index contributed by atoms with van der Waals surface area (Å²) in [7, 11) is -3.60. The fourth-order valence-corrected chi connectivity index (χ4v) is 4.64. The van der Waals surface area contributed by atoms with E-state index in [1.165, 1.54) is 22.5 Å². The maximum atomic E-state index is 12.5. The van der Waals surface area contributed by atoms with Crippen LogP contribution >= 0.6 is 23.2 Å². The van der Waals surface area contributed by atoms with Crippen LogP contribution in [0.15, 0.2) is 66.7 Å². The van der Waals surface area contributed by atoms with Gasteiger partial charge in [-0.1, -0.05) is 47.5 Å². The number of nitrogens with zero attached hydrogens (tertiary/aromatic N) is 1. The number of hydrogen-bond acceptors (Lipinski definition) is 4. The lowest BCUT2D eigenvalue weighted by atomic mass is 10.1. The standard InChI is InChI=1S/C25H26Cl2N2O4S/c1-17(2)33-24-10-6-18(7-11-24)15-28-25(30)20-8-4-19(5-9-20)16-29(34(3,31)32)23-13-21(26)12-22(27)14-23/h4-14,17H,15-16H2,1-3H3,(H,28,30). The first-order valence-corrected chi connectivity index (χ1v) is 13.2. The maximum absolute atomic E-state index is 12.5.